The third-order valence-corrected chi connectivity index (χ3v) is 4.92. The first kappa shape index (κ1) is 24.0. The van der Waals surface area contributed by atoms with Crippen LogP contribution in [0.4, 0.5) is 28.2 Å². The molecule has 3 N–H and O–H groups in total. The van der Waals surface area contributed by atoms with E-state index in [2.05, 4.69) is 25.3 Å². The van der Waals surface area contributed by atoms with Crippen LogP contribution in [0.15, 0.2) is 30.6 Å². The molecule has 1 fully saturated rings. The van der Waals surface area contributed by atoms with Gasteiger partial charge in [-0.2, -0.15) is 0 Å². The average Bonchev–Trinajstić information content (AvgIpc) is 2.74. The van der Waals surface area contributed by atoms with E-state index < -0.39 is 24.0 Å². The van der Waals surface area contributed by atoms with Crippen LogP contribution in [0.2, 0.25) is 0 Å². The molecule has 0 saturated carbocycles. The smallest absolute Gasteiger partial charge is 0.465 e. The zero-order valence-corrected chi connectivity index (χ0v) is 17.2. The van der Waals surface area contributed by atoms with E-state index in [0.29, 0.717) is 37.4 Å². The molecule has 0 atom stereocenters. The number of benzene rings is 1. The molecule has 2 amide bonds. The van der Waals surface area contributed by atoms with Crippen molar-refractivity contribution in [1.29, 1.82) is 0 Å². The van der Waals surface area contributed by atoms with Crippen molar-refractivity contribution in [3.8, 4) is 17.0 Å². The number of amides is 2. The van der Waals surface area contributed by atoms with E-state index >= 15 is 0 Å². The number of carbonyl (C=O) groups excluding carboxylic acids is 1. The van der Waals surface area contributed by atoms with Crippen LogP contribution in [-0.2, 0) is 4.79 Å². The van der Waals surface area contributed by atoms with Gasteiger partial charge in [0, 0.05) is 43.7 Å². The van der Waals surface area contributed by atoms with Gasteiger partial charge in [0.2, 0.25) is 5.91 Å². The van der Waals surface area contributed by atoms with Crippen molar-refractivity contribution in [1.82, 2.24) is 20.6 Å². The number of nitrogens with zero attached hydrogens (tertiary/aromatic N) is 3. The summed E-state index contributed by atoms with van der Waals surface area (Å²) in [5, 5.41) is 13.5. The topological polar surface area (TPSA) is 117 Å². The fraction of sp³-hybridized carbons (Fsp3) is 0.400. The van der Waals surface area contributed by atoms with Crippen LogP contribution in [0.25, 0.3) is 11.3 Å². The molecule has 0 radical (unpaired) electrons. The van der Waals surface area contributed by atoms with Gasteiger partial charge in [-0.3, -0.25) is 4.79 Å². The van der Waals surface area contributed by atoms with Crippen molar-refractivity contribution in [2.45, 2.75) is 31.7 Å². The second-order valence-corrected chi connectivity index (χ2v) is 7.27. The molecule has 0 aliphatic carbocycles. The Morgan fingerprint density at radius 2 is 1.91 bits per heavy atom. The van der Waals surface area contributed by atoms with Crippen molar-refractivity contribution < 1.29 is 37.0 Å². The third-order valence-electron chi connectivity index (χ3n) is 4.92. The predicted molar refractivity (Wildman–Crippen MR) is 108 cm³/mol. The van der Waals surface area contributed by atoms with Gasteiger partial charge in [0.1, 0.15) is 12.1 Å². The standard InChI is InChI=1S/C20H21F4N5O4/c21-14-9-12(1-2-16(14)33-20(22,23)24)15-10-17(27-11-26-15)29-7-4-13(5-8-29)28-18(30)3-6-25-19(31)32/h1-2,9-11,13,25H,3-8H2,(H,28,30)(H,31,32). The molecule has 2 heterocycles. The maximum absolute atomic E-state index is 14.0. The van der Waals surface area contributed by atoms with E-state index in [-0.39, 0.29) is 30.5 Å². The molecule has 0 unspecified atom stereocenters. The molecule has 178 valence electrons. The monoisotopic (exact) mass is 471 g/mol. The van der Waals surface area contributed by atoms with Crippen molar-refractivity contribution in [3.63, 3.8) is 0 Å². The van der Waals surface area contributed by atoms with Gasteiger partial charge in [-0.15, -0.1) is 13.2 Å². The Balaban J connectivity index is 1.58. The van der Waals surface area contributed by atoms with Gasteiger partial charge < -0.3 is 25.4 Å². The number of rotatable bonds is 7. The van der Waals surface area contributed by atoms with Crippen LogP contribution in [0.1, 0.15) is 19.3 Å². The van der Waals surface area contributed by atoms with E-state index in [9.17, 15) is 27.2 Å². The molecule has 2 aromatic rings. The number of carboxylic acid groups (broad SMARTS) is 1. The average molecular weight is 471 g/mol. The quantitative estimate of drug-likeness (QED) is 0.532. The normalized spacial score (nSPS) is 14.6. The summed E-state index contributed by atoms with van der Waals surface area (Å²) >= 11 is 0. The van der Waals surface area contributed by atoms with Crippen LogP contribution < -0.4 is 20.3 Å². The van der Waals surface area contributed by atoms with Crippen molar-refractivity contribution in [3.05, 3.63) is 36.4 Å². The molecule has 33 heavy (non-hydrogen) atoms. The van der Waals surface area contributed by atoms with E-state index in [1.807, 2.05) is 4.90 Å². The lowest BCUT2D eigenvalue weighted by atomic mass is 10.0. The van der Waals surface area contributed by atoms with Gasteiger partial charge >= 0.3 is 12.5 Å². The number of anilines is 1. The Bertz CT molecular complexity index is 997. The highest BCUT2D eigenvalue weighted by Crippen LogP contribution is 2.30. The molecule has 0 bridgehead atoms. The van der Waals surface area contributed by atoms with E-state index in [4.69, 9.17) is 5.11 Å². The van der Waals surface area contributed by atoms with Crippen LogP contribution >= 0.6 is 0 Å². The molecule has 1 aliphatic heterocycles. The number of carbonyl (C=O) groups is 2. The van der Waals surface area contributed by atoms with Gasteiger partial charge in [0.25, 0.3) is 0 Å². The molecular weight excluding hydrogens is 450 g/mol. The van der Waals surface area contributed by atoms with E-state index in [1.54, 1.807) is 6.07 Å². The fourth-order valence-electron chi connectivity index (χ4n) is 3.38. The van der Waals surface area contributed by atoms with Crippen molar-refractivity contribution in [2.24, 2.45) is 0 Å². The zero-order valence-electron chi connectivity index (χ0n) is 17.2. The highest BCUT2D eigenvalue weighted by Gasteiger charge is 2.32. The number of alkyl halides is 3. The second kappa shape index (κ2) is 10.3. The van der Waals surface area contributed by atoms with Gasteiger partial charge in [-0.1, -0.05) is 0 Å². The summed E-state index contributed by atoms with van der Waals surface area (Å²) in [4.78, 5) is 32.6. The lowest BCUT2D eigenvalue weighted by Gasteiger charge is -2.33. The van der Waals surface area contributed by atoms with Crippen LogP contribution in [0, 0.1) is 5.82 Å². The first-order valence-corrected chi connectivity index (χ1v) is 9.99. The fourth-order valence-corrected chi connectivity index (χ4v) is 3.38. The summed E-state index contributed by atoms with van der Waals surface area (Å²) in [6.45, 7) is 1.18. The first-order valence-electron chi connectivity index (χ1n) is 9.99. The summed E-state index contributed by atoms with van der Waals surface area (Å²) in [6.07, 6.45) is -3.58. The van der Waals surface area contributed by atoms with E-state index in [1.165, 1.54) is 12.4 Å². The minimum Gasteiger partial charge on any atom is -0.465 e. The molecule has 1 aromatic carbocycles. The van der Waals surface area contributed by atoms with Gasteiger partial charge in [-0.25, -0.2) is 19.2 Å². The minimum absolute atomic E-state index is 0.0353. The Hall–Kier alpha value is -3.64. The Kier molecular flexibility index (Phi) is 7.51. The Morgan fingerprint density at radius 1 is 1.18 bits per heavy atom. The summed E-state index contributed by atoms with van der Waals surface area (Å²) in [6, 6.07) is 4.62. The van der Waals surface area contributed by atoms with Crippen molar-refractivity contribution in [2.75, 3.05) is 24.5 Å². The highest BCUT2D eigenvalue weighted by atomic mass is 19.4. The predicted octanol–water partition coefficient (Wildman–Crippen LogP) is 2.92. The maximum atomic E-state index is 14.0. The van der Waals surface area contributed by atoms with Gasteiger partial charge in [0.05, 0.1) is 5.69 Å². The molecule has 13 heteroatoms. The summed E-state index contributed by atoms with van der Waals surface area (Å²) in [5.74, 6) is -1.78. The number of nitrogens with one attached hydrogen (secondary N) is 2. The summed E-state index contributed by atoms with van der Waals surface area (Å²) in [5.41, 5.74) is 0.599. The highest BCUT2D eigenvalue weighted by molar-refractivity contribution is 5.77. The summed E-state index contributed by atoms with van der Waals surface area (Å²) in [7, 11) is 0. The Morgan fingerprint density at radius 3 is 2.55 bits per heavy atom. The molecule has 3 rings (SSSR count). The number of hydrogen-bond donors (Lipinski definition) is 3. The number of piperidine rings is 1. The maximum Gasteiger partial charge on any atom is 0.573 e. The molecule has 1 aliphatic rings. The van der Waals surface area contributed by atoms with Gasteiger partial charge in [-0.05, 0) is 31.0 Å². The largest absolute Gasteiger partial charge is 0.573 e. The lowest BCUT2D eigenvalue weighted by Crippen LogP contribution is -2.45. The molecule has 0 spiro atoms. The third kappa shape index (κ3) is 7.19. The molecule has 9 nitrogen and oxygen atoms in total. The van der Waals surface area contributed by atoms with Gasteiger partial charge in [0.15, 0.2) is 11.6 Å². The first-order chi connectivity index (χ1) is 15.6. The van der Waals surface area contributed by atoms with Crippen LogP contribution in [0.3, 0.4) is 0 Å². The van der Waals surface area contributed by atoms with Crippen LogP contribution in [-0.4, -0.2) is 59.1 Å². The van der Waals surface area contributed by atoms with Crippen LogP contribution in [0.5, 0.6) is 5.75 Å². The molecule has 1 aromatic heterocycles. The Labute approximate surface area is 185 Å². The number of ether oxygens (including phenoxy) is 1. The molecule has 1 saturated heterocycles. The second-order valence-electron chi connectivity index (χ2n) is 7.27. The SMILES string of the molecule is O=C(O)NCCC(=O)NC1CCN(c2cc(-c3ccc(OC(F)(F)F)c(F)c3)ncn2)CC1. The zero-order chi connectivity index (χ0) is 24.0. The molecular formula is C20H21F4N5O4. The minimum atomic E-state index is -4.99. The summed E-state index contributed by atoms with van der Waals surface area (Å²) < 4.78 is 54.6. The number of aromatic nitrogens is 2. The van der Waals surface area contributed by atoms with Crippen molar-refractivity contribution >= 4 is 17.8 Å². The number of halogens is 4. The lowest BCUT2D eigenvalue weighted by molar-refractivity contribution is -0.275. The number of hydrogen-bond acceptors (Lipinski definition) is 6. The van der Waals surface area contributed by atoms with E-state index in [0.717, 1.165) is 12.1 Å².